The first-order chi connectivity index (χ1) is 6.63. The van der Waals surface area contributed by atoms with Crippen LogP contribution in [-0.2, 0) is 11.2 Å². The van der Waals surface area contributed by atoms with E-state index >= 15 is 0 Å². The van der Waals surface area contributed by atoms with E-state index in [0.717, 1.165) is 12.1 Å². The summed E-state index contributed by atoms with van der Waals surface area (Å²) in [5, 5.41) is 0. The van der Waals surface area contributed by atoms with Gasteiger partial charge in [0.15, 0.2) is 5.69 Å². The van der Waals surface area contributed by atoms with Gasteiger partial charge >= 0.3 is 5.97 Å². The molecule has 0 aliphatic carbocycles. The van der Waals surface area contributed by atoms with E-state index in [9.17, 15) is 4.79 Å². The molecule has 0 N–H and O–H groups in total. The fourth-order valence-electron chi connectivity index (χ4n) is 1.14. The number of esters is 1. The highest BCUT2D eigenvalue weighted by Crippen LogP contribution is 2.06. The van der Waals surface area contributed by atoms with E-state index in [1.54, 1.807) is 6.07 Å². The van der Waals surface area contributed by atoms with Crippen LogP contribution in [0.5, 0.6) is 0 Å². The molecule has 0 saturated heterocycles. The normalized spacial score (nSPS) is 10.3. The standard InChI is InChI=1S/C10H14N2O2/c1-7(2)4-8-5-9(10(13)14-3)12-6-11-8/h5-7H,4H2,1-3H3. The monoisotopic (exact) mass is 194 g/mol. The molecular formula is C10H14N2O2. The summed E-state index contributed by atoms with van der Waals surface area (Å²) in [6.07, 6.45) is 2.23. The van der Waals surface area contributed by atoms with Gasteiger partial charge in [0.25, 0.3) is 0 Å². The molecule has 1 aromatic rings. The van der Waals surface area contributed by atoms with Crippen LogP contribution < -0.4 is 0 Å². The minimum absolute atomic E-state index is 0.318. The molecule has 0 amide bonds. The molecule has 4 nitrogen and oxygen atoms in total. The summed E-state index contributed by atoms with van der Waals surface area (Å²) in [7, 11) is 1.34. The van der Waals surface area contributed by atoms with E-state index in [1.165, 1.54) is 13.4 Å². The van der Waals surface area contributed by atoms with Crippen molar-refractivity contribution in [1.82, 2.24) is 9.97 Å². The summed E-state index contributed by atoms with van der Waals surface area (Å²) in [4.78, 5) is 19.0. The zero-order chi connectivity index (χ0) is 10.6. The van der Waals surface area contributed by atoms with Gasteiger partial charge in [0.1, 0.15) is 6.33 Å². The maximum absolute atomic E-state index is 11.1. The predicted molar refractivity (Wildman–Crippen MR) is 51.9 cm³/mol. The van der Waals surface area contributed by atoms with Gasteiger partial charge in [0.05, 0.1) is 7.11 Å². The van der Waals surface area contributed by atoms with Crippen LogP contribution in [0.3, 0.4) is 0 Å². The van der Waals surface area contributed by atoms with E-state index in [0.29, 0.717) is 11.6 Å². The Morgan fingerprint density at radius 2 is 2.21 bits per heavy atom. The Morgan fingerprint density at radius 3 is 2.79 bits per heavy atom. The number of hydrogen-bond acceptors (Lipinski definition) is 4. The lowest BCUT2D eigenvalue weighted by Crippen LogP contribution is -2.07. The molecular weight excluding hydrogens is 180 g/mol. The molecule has 0 radical (unpaired) electrons. The highest BCUT2D eigenvalue weighted by atomic mass is 16.5. The van der Waals surface area contributed by atoms with Crippen molar-refractivity contribution in [3.63, 3.8) is 0 Å². The van der Waals surface area contributed by atoms with Crippen LogP contribution in [0.4, 0.5) is 0 Å². The molecule has 4 heteroatoms. The largest absolute Gasteiger partial charge is 0.464 e. The maximum atomic E-state index is 11.1. The molecule has 1 rings (SSSR count). The average Bonchev–Trinajstić information content (AvgIpc) is 2.16. The Kier molecular flexibility index (Phi) is 3.56. The lowest BCUT2D eigenvalue weighted by Gasteiger charge is -2.04. The van der Waals surface area contributed by atoms with Crippen LogP contribution in [0.15, 0.2) is 12.4 Å². The molecule has 14 heavy (non-hydrogen) atoms. The van der Waals surface area contributed by atoms with Crippen LogP contribution in [-0.4, -0.2) is 23.0 Å². The summed E-state index contributed by atoms with van der Waals surface area (Å²) in [6, 6.07) is 1.67. The Balaban J connectivity index is 2.84. The Labute approximate surface area is 83.3 Å². The Morgan fingerprint density at radius 1 is 1.50 bits per heavy atom. The summed E-state index contributed by atoms with van der Waals surface area (Å²) >= 11 is 0. The molecule has 0 atom stereocenters. The highest BCUT2D eigenvalue weighted by Gasteiger charge is 2.08. The van der Waals surface area contributed by atoms with Crippen molar-refractivity contribution >= 4 is 5.97 Å². The van der Waals surface area contributed by atoms with Crippen molar-refractivity contribution in [3.8, 4) is 0 Å². The summed E-state index contributed by atoms with van der Waals surface area (Å²) in [6.45, 7) is 4.19. The third kappa shape index (κ3) is 2.80. The van der Waals surface area contributed by atoms with Crippen LogP contribution in [0.25, 0.3) is 0 Å². The lowest BCUT2D eigenvalue weighted by molar-refractivity contribution is 0.0593. The fraction of sp³-hybridized carbons (Fsp3) is 0.500. The lowest BCUT2D eigenvalue weighted by atomic mass is 10.1. The van der Waals surface area contributed by atoms with Crippen LogP contribution in [0, 0.1) is 5.92 Å². The van der Waals surface area contributed by atoms with Gasteiger partial charge in [-0.05, 0) is 18.4 Å². The first-order valence-electron chi connectivity index (χ1n) is 4.52. The summed E-state index contributed by atoms with van der Waals surface area (Å²) in [5.74, 6) is 0.0906. The summed E-state index contributed by atoms with van der Waals surface area (Å²) in [5.41, 5.74) is 1.19. The number of carbonyl (C=O) groups is 1. The smallest absolute Gasteiger partial charge is 0.356 e. The molecule has 76 valence electrons. The first kappa shape index (κ1) is 10.6. The second-order valence-corrected chi connectivity index (χ2v) is 3.48. The molecule has 0 fully saturated rings. The molecule has 0 aliphatic rings. The first-order valence-corrected chi connectivity index (χ1v) is 4.52. The van der Waals surface area contributed by atoms with Gasteiger partial charge < -0.3 is 4.74 Å². The van der Waals surface area contributed by atoms with Crippen molar-refractivity contribution in [2.75, 3.05) is 7.11 Å². The molecule has 0 bridgehead atoms. The van der Waals surface area contributed by atoms with Crippen LogP contribution in [0.2, 0.25) is 0 Å². The third-order valence-corrected chi connectivity index (χ3v) is 1.74. The molecule has 0 saturated carbocycles. The topological polar surface area (TPSA) is 52.1 Å². The summed E-state index contributed by atoms with van der Waals surface area (Å²) < 4.78 is 4.57. The van der Waals surface area contributed by atoms with E-state index in [2.05, 4.69) is 28.6 Å². The van der Waals surface area contributed by atoms with Gasteiger partial charge in [-0.3, -0.25) is 0 Å². The van der Waals surface area contributed by atoms with Crippen molar-refractivity contribution in [3.05, 3.63) is 23.8 Å². The zero-order valence-electron chi connectivity index (χ0n) is 8.65. The van der Waals surface area contributed by atoms with Gasteiger partial charge in [0.2, 0.25) is 0 Å². The van der Waals surface area contributed by atoms with Gasteiger partial charge in [-0.2, -0.15) is 0 Å². The second-order valence-electron chi connectivity index (χ2n) is 3.48. The fourth-order valence-corrected chi connectivity index (χ4v) is 1.14. The molecule has 0 aliphatic heterocycles. The number of methoxy groups -OCH3 is 1. The van der Waals surface area contributed by atoms with E-state index in [1.807, 2.05) is 0 Å². The Hall–Kier alpha value is -1.45. The number of nitrogens with zero attached hydrogens (tertiary/aromatic N) is 2. The number of ether oxygens (including phenoxy) is 1. The molecule has 0 unspecified atom stereocenters. The van der Waals surface area contributed by atoms with Crippen molar-refractivity contribution in [2.45, 2.75) is 20.3 Å². The van der Waals surface area contributed by atoms with Crippen molar-refractivity contribution in [1.29, 1.82) is 0 Å². The number of hydrogen-bond donors (Lipinski definition) is 0. The zero-order valence-corrected chi connectivity index (χ0v) is 8.65. The number of rotatable bonds is 3. The molecule has 0 aromatic carbocycles. The van der Waals surface area contributed by atoms with E-state index in [-0.39, 0.29) is 0 Å². The van der Waals surface area contributed by atoms with Crippen molar-refractivity contribution in [2.24, 2.45) is 5.92 Å². The maximum Gasteiger partial charge on any atom is 0.356 e. The SMILES string of the molecule is COC(=O)c1cc(CC(C)C)ncn1. The third-order valence-electron chi connectivity index (χ3n) is 1.74. The van der Waals surface area contributed by atoms with Crippen LogP contribution >= 0.6 is 0 Å². The molecule has 1 aromatic heterocycles. The second kappa shape index (κ2) is 4.69. The van der Waals surface area contributed by atoms with Crippen molar-refractivity contribution < 1.29 is 9.53 Å². The van der Waals surface area contributed by atoms with Crippen LogP contribution in [0.1, 0.15) is 30.0 Å². The van der Waals surface area contributed by atoms with E-state index in [4.69, 9.17) is 0 Å². The molecule has 0 spiro atoms. The van der Waals surface area contributed by atoms with Gasteiger partial charge in [-0.15, -0.1) is 0 Å². The van der Waals surface area contributed by atoms with E-state index < -0.39 is 5.97 Å². The highest BCUT2D eigenvalue weighted by molar-refractivity contribution is 5.87. The average molecular weight is 194 g/mol. The van der Waals surface area contributed by atoms with Gasteiger partial charge in [0, 0.05) is 5.69 Å². The quantitative estimate of drug-likeness (QED) is 0.683. The molecule has 1 heterocycles. The number of aromatic nitrogens is 2. The number of carbonyl (C=O) groups excluding carboxylic acids is 1. The minimum Gasteiger partial charge on any atom is -0.464 e. The van der Waals surface area contributed by atoms with Gasteiger partial charge in [-0.1, -0.05) is 13.8 Å². The Bertz CT molecular complexity index is 324. The minimum atomic E-state index is -0.419. The predicted octanol–water partition coefficient (Wildman–Crippen LogP) is 1.46. The van der Waals surface area contributed by atoms with Gasteiger partial charge in [-0.25, -0.2) is 14.8 Å².